The van der Waals surface area contributed by atoms with Crippen LogP contribution in [0.3, 0.4) is 0 Å². The Balaban J connectivity index is 2.62. The molecule has 0 bridgehead atoms. The highest BCUT2D eigenvalue weighted by atomic mass is 16.5. The fourth-order valence-corrected chi connectivity index (χ4v) is 2.65. The highest BCUT2D eigenvalue weighted by molar-refractivity contribution is 5.38. The number of unbranched alkanes of at least 4 members (excludes halogenated alkanes) is 1. The number of benzene rings is 1. The molecule has 0 heterocycles. The van der Waals surface area contributed by atoms with Gasteiger partial charge in [-0.05, 0) is 31.9 Å². The van der Waals surface area contributed by atoms with E-state index in [4.69, 9.17) is 4.74 Å². The lowest BCUT2D eigenvalue weighted by molar-refractivity contribution is 0.163. The Morgan fingerprint density at radius 1 is 1.19 bits per heavy atom. The Labute approximate surface area is 129 Å². The number of methoxy groups -OCH3 is 1. The third-order valence-electron chi connectivity index (χ3n) is 3.89. The Hall–Kier alpha value is -1.06. The lowest BCUT2D eigenvalue weighted by Crippen LogP contribution is -2.32. The van der Waals surface area contributed by atoms with Crippen molar-refractivity contribution in [3.05, 3.63) is 29.3 Å². The predicted octanol–water partition coefficient (Wildman–Crippen LogP) is 3.99. The summed E-state index contributed by atoms with van der Waals surface area (Å²) in [7, 11) is 1.65. The van der Waals surface area contributed by atoms with E-state index in [9.17, 15) is 5.11 Å². The fraction of sp³-hybridized carbons (Fsp3) is 0.667. The zero-order valence-electron chi connectivity index (χ0n) is 14.0. The van der Waals surface area contributed by atoms with Crippen LogP contribution in [0.25, 0.3) is 0 Å². The summed E-state index contributed by atoms with van der Waals surface area (Å²) < 4.78 is 5.35. The minimum Gasteiger partial charge on any atom is -0.496 e. The first kappa shape index (κ1) is 18.0. The topological polar surface area (TPSA) is 41.5 Å². The minimum atomic E-state index is -0.527. The second-order valence-corrected chi connectivity index (χ2v) is 5.80. The molecule has 1 aromatic rings. The van der Waals surface area contributed by atoms with E-state index >= 15 is 0 Å². The summed E-state index contributed by atoms with van der Waals surface area (Å²) in [5.41, 5.74) is 2.01. The Kier molecular flexibility index (Phi) is 8.40. The maximum atomic E-state index is 10.5. The van der Waals surface area contributed by atoms with Crippen molar-refractivity contribution in [2.45, 2.75) is 65.0 Å². The third kappa shape index (κ3) is 6.06. The summed E-state index contributed by atoms with van der Waals surface area (Å²) in [5.74, 6) is 0.760. The van der Waals surface area contributed by atoms with Crippen molar-refractivity contribution >= 4 is 0 Å². The van der Waals surface area contributed by atoms with Crippen LogP contribution in [0, 0.1) is 6.92 Å². The van der Waals surface area contributed by atoms with Crippen LogP contribution in [0.4, 0.5) is 0 Å². The number of ether oxygens (including phenoxy) is 1. The molecule has 0 aromatic heterocycles. The van der Waals surface area contributed by atoms with E-state index in [2.05, 4.69) is 19.2 Å². The molecule has 3 nitrogen and oxygen atoms in total. The zero-order valence-corrected chi connectivity index (χ0v) is 14.0. The molecule has 0 saturated carbocycles. The maximum absolute atomic E-state index is 10.5. The molecule has 0 saturated heterocycles. The van der Waals surface area contributed by atoms with Crippen LogP contribution in [0.1, 0.15) is 63.2 Å². The van der Waals surface area contributed by atoms with E-state index in [1.807, 2.05) is 25.1 Å². The Bertz CT molecular complexity index is 406. The van der Waals surface area contributed by atoms with Gasteiger partial charge in [-0.15, -0.1) is 0 Å². The van der Waals surface area contributed by atoms with Crippen molar-refractivity contribution in [3.8, 4) is 5.75 Å². The van der Waals surface area contributed by atoms with Crippen LogP contribution in [0.2, 0.25) is 0 Å². The van der Waals surface area contributed by atoms with Crippen LogP contribution in [-0.4, -0.2) is 24.8 Å². The number of aliphatic hydroxyl groups is 1. The monoisotopic (exact) mass is 293 g/mol. The number of aryl methyl sites for hydroxylation is 1. The second kappa shape index (κ2) is 9.80. The normalized spacial score (nSPS) is 14.0. The predicted molar refractivity (Wildman–Crippen MR) is 88.9 cm³/mol. The molecule has 0 fully saturated rings. The van der Waals surface area contributed by atoms with E-state index in [1.165, 1.54) is 25.7 Å². The number of hydrogen-bond acceptors (Lipinski definition) is 3. The molecule has 0 radical (unpaired) electrons. The van der Waals surface area contributed by atoms with Gasteiger partial charge in [0.05, 0.1) is 13.2 Å². The molecule has 2 N–H and O–H groups in total. The molecular weight excluding hydrogens is 262 g/mol. The SMILES string of the molecule is CCCCC(CCC)NCC(O)c1cc(C)ccc1OC. The highest BCUT2D eigenvalue weighted by Gasteiger charge is 2.15. The van der Waals surface area contributed by atoms with E-state index in [-0.39, 0.29) is 0 Å². The molecule has 0 spiro atoms. The first-order valence-corrected chi connectivity index (χ1v) is 8.18. The first-order chi connectivity index (χ1) is 10.1. The summed E-state index contributed by atoms with van der Waals surface area (Å²) in [5, 5.41) is 14.0. The van der Waals surface area contributed by atoms with Crippen LogP contribution in [-0.2, 0) is 0 Å². The fourth-order valence-electron chi connectivity index (χ4n) is 2.65. The van der Waals surface area contributed by atoms with Crippen LogP contribution >= 0.6 is 0 Å². The van der Waals surface area contributed by atoms with Crippen molar-refractivity contribution < 1.29 is 9.84 Å². The first-order valence-electron chi connectivity index (χ1n) is 8.18. The molecule has 2 unspecified atom stereocenters. The molecule has 2 atom stereocenters. The molecular formula is C18H31NO2. The molecule has 1 rings (SSSR count). The summed E-state index contributed by atoms with van der Waals surface area (Å²) in [6, 6.07) is 6.44. The van der Waals surface area contributed by atoms with E-state index in [0.29, 0.717) is 12.6 Å². The Morgan fingerprint density at radius 3 is 2.57 bits per heavy atom. The summed E-state index contributed by atoms with van der Waals surface area (Å²) in [6.07, 6.45) is 5.45. The molecule has 21 heavy (non-hydrogen) atoms. The van der Waals surface area contributed by atoms with Gasteiger partial charge in [-0.25, -0.2) is 0 Å². The highest BCUT2D eigenvalue weighted by Crippen LogP contribution is 2.26. The van der Waals surface area contributed by atoms with Gasteiger partial charge in [0, 0.05) is 18.2 Å². The molecule has 120 valence electrons. The van der Waals surface area contributed by atoms with Crippen molar-refractivity contribution in [1.82, 2.24) is 5.32 Å². The van der Waals surface area contributed by atoms with Gasteiger partial charge in [0.25, 0.3) is 0 Å². The van der Waals surface area contributed by atoms with Gasteiger partial charge in [-0.1, -0.05) is 44.7 Å². The van der Waals surface area contributed by atoms with Gasteiger partial charge in [0.15, 0.2) is 0 Å². The summed E-state index contributed by atoms with van der Waals surface area (Å²) >= 11 is 0. The molecule has 3 heteroatoms. The average Bonchev–Trinajstić information content (AvgIpc) is 2.49. The van der Waals surface area contributed by atoms with Gasteiger partial charge < -0.3 is 15.2 Å². The standard InChI is InChI=1S/C18H31NO2/c1-5-7-9-15(8-6-2)19-13-17(20)16-12-14(3)10-11-18(16)21-4/h10-12,15,17,19-20H,5-9,13H2,1-4H3. The van der Waals surface area contributed by atoms with Crippen LogP contribution < -0.4 is 10.1 Å². The molecule has 1 aromatic carbocycles. The molecule has 0 aliphatic rings. The number of rotatable bonds is 10. The van der Waals surface area contributed by atoms with Gasteiger partial charge in [0.1, 0.15) is 5.75 Å². The average molecular weight is 293 g/mol. The van der Waals surface area contributed by atoms with Crippen molar-refractivity contribution in [2.24, 2.45) is 0 Å². The van der Waals surface area contributed by atoms with Crippen LogP contribution in [0.15, 0.2) is 18.2 Å². The molecule has 0 aliphatic heterocycles. The van der Waals surface area contributed by atoms with E-state index < -0.39 is 6.10 Å². The van der Waals surface area contributed by atoms with Crippen LogP contribution in [0.5, 0.6) is 5.75 Å². The summed E-state index contributed by atoms with van der Waals surface area (Å²) in [4.78, 5) is 0. The van der Waals surface area contributed by atoms with Gasteiger partial charge in [-0.3, -0.25) is 0 Å². The number of nitrogens with one attached hydrogen (secondary N) is 1. The lowest BCUT2D eigenvalue weighted by atomic mass is 10.0. The molecule has 0 amide bonds. The van der Waals surface area contributed by atoms with Crippen molar-refractivity contribution in [2.75, 3.05) is 13.7 Å². The van der Waals surface area contributed by atoms with Crippen molar-refractivity contribution in [1.29, 1.82) is 0 Å². The lowest BCUT2D eigenvalue weighted by Gasteiger charge is -2.21. The van der Waals surface area contributed by atoms with Gasteiger partial charge >= 0.3 is 0 Å². The number of aliphatic hydroxyl groups excluding tert-OH is 1. The largest absolute Gasteiger partial charge is 0.496 e. The smallest absolute Gasteiger partial charge is 0.124 e. The number of hydrogen-bond donors (Lipinski definition) is 2. The quantitative estimate of drug-likeness (QED) is 0.685. The van der Waals surface area contributed by atoms with E-state index in [1.54, 1.807) is 7.11 Å². The Morgan fingerprint density at radius 2 is 1.95 bits per heavy atom. The van der Waals surface area contributed by atoms with Crippen molar-refractivity contribution in [3.63, 3.8) is 0 Å². The minimum absolute atomic E-state index is 0.500. The zero-order chi connectivity index (χ0) is 15.7. The maximum Gasteiger partial charge on any atom is 0.124 e. The van der Waals surface area contributed by atoms with E-state index in [0.717, 1.165) is 23.3 Å². The second-order valence-electron chi connectivity index (χ2n) is 5.80. The molecule has 0 aliphatic carbocycles. The van der Waals surface area contributed by atoms with Gasteiger partial charge in [-0.2, -0.15) is 0 Å². The third-order valence-corrected chi connectivity index (χ3v) is 3.89. The summed E-state index contributed by atoms with van der Waals surface area (Å²) in [6.45, 7) is 7.04. The van der Waals surface area contributed by atoms with Gasteiger partial charge in [0.2, 0.25) is 0 Å².